The van der Waals surface area contributed by atoms with E-state index in [0.717, 1.165) is 58.0 Å². The molecule has 5 heteroatoms. The highest BCUT2D eigenvalue weighted by atomic mass is 16.3. The molecule has 3 atom stereocenters. The Morgan fingerprint density at radius 3 is 2.38 bits per heavy atom. The second-order valence-corrected chi connectivity index (χ2v) is 8.26. The van der Waals surface area contributed by atoms with E-state index >= 15 is 0 Å². The summed E-state index contributed by atoms with van der Waals surface area (Å²) < 4.78 is 0. The van der Waals surface area contributed by atoms with Gasteiger partial charge >= 0.3 is 0 Å². The fourth-order valence-corrected chi connectivity index (χ4v) is 4.97. The number of carbonyl (C=O) groups excluding carboxylic acids is 1. The number of hydrogen-bond acceptors (Lipinski definition) is 4. The second-order valence-electron chi connectivity index (χ2n) is 8.26. The molecule has 1 N–H and O–H groups in total. The van der Waals surface area contributed by atoms with Crippen LogP contribution in [0.15, 0.2) is 0 Å². The van der Waals surface area contributed by atoms with Gasteiger partial charge < -0.3 is 14.9 Å². The number of amides is 1. The van der Waals surface area contributed by atoms with Crippen molar-refractivity contribution in [3.05, 3.63) is 0 Å². The molecule has 0 aliphatic carbocycles. The molecule has 1 amide bonds. The van der Waals surface area contributed by atoms with Gasteiger partial charge in [-0.2, -0.15) is 0 Å². The van der Waals surface area contributed by atoms with Crippen molar-refractivity contribution < 1.29 is 9.90 Å². The number of β-amino-alcohol motifs (C(OH)–C–C–N with tert-alkyl or cyclic N) is 1. The first-order valence-electron chi connectivity index (χ1n) is 9.96. The van der Waals surface area contributed by atoms with Crippen LogP contribution >= 0.6 is 0 Å². The van der Waals surface area contributed by atoms with Gasteiger partial charge in [0.1, 0.15) is 0 Å². The minimum absolute atomic E-state index is 0.215. The number of piperidine rings is 1. The first-order valence-corrected chi connectivity index (χ1v) is 9.96. The molecule has 0 aromatic rings. The highest BCUT2D eigenvalue weighted by Crippen LogP contribution is 2.30. The van der Waals surface area contributed by atoms with Crippen LogP contribution in [0.1, 0.15) is 52.4 Å². The molecule has 0 unspecified atom stereocenters. The highest BCUT2D eigenvalue weighted by Gasteiger charge is 2.39. The number of likely N-dealkylation sites (tertiary alicyclic amines) is 3. The molecule has 0 aromatic carbocycles. The number of hydrogen-bond donors (Lipinski definition) is 1. The molecule has 3 saturated heterocycles. The van der Waals surface area contributed by atoms with Crippen molar-refractivity contribution in [2.24, 2.45) is 5.92 Å². The van der Waals surface area contributed by atoms with E-state index in [4.69, 9.17) is 0 Å². The predicted octanol–water partition coefficient (Wildman–Crippen LogP) is 1.55. The lowest BCUT2D eigenvalue weighted by molar-refractivity contribution is -0.130. The highest BCUT2D eigenvalue weighted by molar-refractivity contribution is 5.74. The summed E-state index contributed by atoms with van der Waals surface area (Å²) in [6.07, 6.45) is 6.86. The smallest absolute Gasteiger partial charge is 0.219 e. The molecule has 24 heavy (non-hydrogen) atoms. The van der Waals surface area contributed by atoms with Gasteiger partial charge in [0.25, 0.3) is 0 Å². The van der Waals surface area contributed by atoms with Crippen LogP contribution in [0.2, 0.25) is 0 Å². The van der Waals surface area contributed by atoms with Crippen LogP contribution < -0.4 is 0 Å². The van der Waals surface area contributed by atoms with Crippen LogP contribution in [-0.2, 0) is 4.79 Å². The van der Waals surface area contributed by atoms with Crippen molar-refractivity contribution in [2.45, 2.75) is 70.6 Å². The third-order valence-corrected chi connectivity index (χ3v) is 6.35. The summed E-state index contributed by atoms with van der Waals surface area (Å²) in [5.74, 6) is 1.05. The number of rotatable bonds is 5. The minimum Gasteiger partial charge on any atom is -0.390 e. The van der Waals surface area contributed by atoms with Crippen LogP contribution in [0.25, 0.3) is 0 Å². The Hall–Kier alpha value is -0.650. The van der Waals surface area contributed by atoms with E-state index in [2.05, 4.69) is 21.6 Å². The summed E-state index contributed by atoms with van der Waals surface area (Å²) in [4.78, 5) is 18.8. The molecule has 138 valence electrons. The van der Waals surface area contributed by atoms with Crippen molar-refractivity contribution in [3.63, 3.8) is 0 Å². The average molecular weight is 338 g/mol. The zero-order valence-electron chi connectivity index (χ0n) is 15.5. The quantitative estimate of drug-likeness (QED) is 0.827. The van der Waals surface area contributed by atoms with Gasteiger partial charge in [-0.05, 0) is 64.1 Å². The number of aliphatic hydroxyl groups excluding tert-OH is 1. The van der Waals surface area contributed by atoms with Gasteiger partial charge in [0.15, 0.2) is 0 Å². The monoisotopic (exact) mass is 337 g/mol. The minimum atomic E-state index is -0.272. The molecule has 3 rings (SSSR count). The Bertz CT molecular complexity index is 423. The van der Waals surface area contributed by atoms with Crippen molar-refractivity contribution in [1.82, 2.24) is 14.7 Å². The molecule has 0 aromatic heterocycles. The van der Waals surface area contributed by atoms with E-state index in [9.17, 15) is 9.90 Å². The van der Waals surface area contributed by atoms with Crippen LogP contribution in [-0.4, -0.2) is 83.2 Å². The molecule has 5 nitrogen and oxygen atoms in total. The Balaban J connectivity index is 1.51. The molecular weight excluding hydrogens is 302 g/mol. The molecular formula is C19H35N3O2. The van der Waals surface area contributed by atoms with Crippen LogP contribution in [0, 0.1) is 5.92 Å². The topological polar surface area (TPSA) is 47.0 Å². The standard InChI is InChI=1S/C19H35N3O2/c1-15-7-11-20(12-8-15)13-17(24)14-21-9-3-5-18(21)19-6-4-10-22(19)16(2)23/h15,17-19,24H,3-14H2,1-2H3/t17-,18-,19+/m0/s1. The number of carbonyl (C=O) groups is 1. The molecule has 0 saturated carbocycles. The summed E-state index contributed by atoms with van der Waals surface area (Å²) in [6, 6.07) is 0.820. The average Bonchev–Trinajstić information content (AvgIpc) is 3.17. The van der Waals surface area contributed by atoms with Gasteiger partial charge in [-0.15, -0.1) is 0 Å². The summed E-state index contributed by atoms with van der Waals surface area (Å²) in [5, 5.41) is 10.6. The van der Waals surface area contributed by atoms with Crippen molar-refractivity contribution >= 4 is 5.91 Å². The van der Waals surface area contributed by atoms with Gasteiger partial charge in [0.2, 0.25) is 5.91 Å². The normalized spacial score (nSPS) is 31.7. The first kappa shape index (κ1) is 18.2. The Morgan fingerprint density at radius 2 is 1.67 bits per heavy atom. The maximum atomic E-state index is 11.9. The van der Waals surface area contributed by atoms with Crippen LogP contribution in [0.5, 0.6) is 0 Å². The van der Waals surface area contributed by atoms with Gasteiger partial charge in [0.05, 0.1) is 6.10 Å². The maximum Gasteiger partial charge on any atom is 0.219 e. The lowest BCUT2D eigenvalue weighted by Crippen LogP contribution is -2.50. The van der Waals surface area contributed by atoms with E-state index in [1.54, 1.807) is 6.92 Å². The lowest BCUT2D eigenvalue weighted by Gasteiger charge is -2.37. The number of aliphatic hydroxyl groups is 1. The summed E-state index contributed by atoms with van der Waals surface area (Å²) >= 11 is 0. The zero-order chi connectivity index (χ0) is 17.1. The third-order valence-electron chi connectivity index (χ3n) is 6.35. The largest absolute Gasteiger partial charge is 0.390 e. The maximum absolute atomic E-state index is 11.9. The summed E-state index contributed by atoms with van der Waals surface area (Å²) in [5.41, 5.74) is 0. The van der Waals surface area contributed by atoms with E-state index < -0.39 is 0 Å². The predicted molar refractivity (Wildman–Crippen MR) is 95.8 cm³/mol. The van der Waals surface area contributed by atoms with Gasteiger partial charge in [0, 0.05) is 38.6 Å². The van der Waals surface area contributed by atoms with E-state index in [1.165, 1.54) is 25.7 Å². The molecule has 0 bridgehead atoms. The molecule has 3 aliphatic heterocycles. The fourth-order valence-electron chi connectivity index (χ4n) is 4.97. The molecule has 3 aliphatic rings. The van der Waals surface area contributed by atoms with E-state index in [0.29, 0.717) is 12.1 Å². The van der Waals surface area contributed by atoms with Crippen molar-refractivity contribution in [1.29, 1.82) is 0 Å². The first-order chi connectivity index (χ1) is 11.5. The van der Waals surface area contributed by atoms with Gasteiger partial charge in [-0.3, -0.25) is 9.69 Å². The lowest BCUT2D eigenvalue weighted by atomic mass is 9.99. The third kappa shape index (κ3) is 4.30. The van der Waals surface area contributed by atoms with Crippen molar-refractivity contribution in [2.75, 3.05) is 39.3 Å². The van der Waals surface area contributed by atoms with Gasteiger partial charge in [-0.1, -0.05) is 6.92 Å². The second kappa shape index (κ2) is 8.15. The Kier molecular flexibility index (Phi) is 6.17. The van der Waals surface area contributed by atoms with Crippen LogP contribution in [0.3, 0.4) is 0 Å². The Morgan fingerprint density at radius 1 is 1.00 bits per heavy atom. The zero-order valence-corrected chi connectivity index (χ0v) is 15.5. The molecule has 3 heterocycles. The molecule has 0 radical (unpaired) electrons. The SMILES string of the molecule is CC(=O)N1CCC[C@@H]1[C@@H]1CCCN1C[C@@H](O)CN1CCC(C)CC1. The fraction of sp³-hybridized carbons (Fsp3) is 0.947. The van der Waals surface area contributed by atoms with Crippen molar-refractivity contribution in [3.8, 4) is 0 Å². The molecule has 0 spiro atoms. The molecule has 3 fully saturated rings. The number of nitrogens with zero attached hydrogens (tertiary/aromatic N) is 3. The van der Waals surface area contributed by atoms with E-state index in [1.807, 2.05) is 0 Å². The van der Waals surface area contributed by atoms with E-state index in [-0.39, 0.29) is 12.0 Å². The van der Waals surface area contributed by atoms with Crippen LogP contribution in [0.4, 0.5) is 0 Å². The summed E-state index contributed by atoms with van der Waals surface area (Å²) in [6.45, 7) is 9.83. The Labute approximate surface area is 147 Å². The van der Waals surface area contributed by atoms with Gasteiger partial charge in [-0.25, -0.2) is 0 Å². The summed E-state index contributed by atoms with van der Waals surface area (Å²) in [7, 11) is 0.